The van der Waals surface area contributed by atoms with Gasteiger partial charge in [-0.25, -0.2) is 0 Å². The summed E-state index contributed by atoms with van der Waals surface area (Å²) in [5.74, 6) is 0.783. The molecule has 3 atom stereocenters. The molecule has 1 fully saturated rings. The smallest absolute Gasteiger partial charge is 0.0254 e. The molecule has 1 aliphatic rings. The van der Waals surface area contributed by atoms with E-state index in [1.54, 1.807) is 0 Å². The van der Waals surface area contributed by atoms with Crippen LogP contribution in [0.1, 0.15) is 73.6 Å². The molecule has 0 aromatic rings. The molecule has 0 bridgehead atoms. The van der Waals surface area contributed by atoms with E-state index in [0.29, 0.717) is 23.5 Å². The van der Waals surface area contributed by atoms with Gasteiger partial charge in [-0.3, -0.25) is 4.90 Å². The van der Waals surface area contributed by atoms with Crippen LogP contribution in [0.2, 0.25) is 0 Å². The van der Waals surface area contributed by atoms with Gasteiger partial charge in [0.05, 0.1) is 0 Å². The molecule has 120 valence electrons. The van der Waals surface area contributed by atoms with Crippen LogP contribution in [0.15, 0.2) is 0 Å². The molecule has 1 N–H and O–H groups in total. The molecule has 0 aliphatic heterocycles. The molecule has 1 rings (SSSR count). The molecule has 0 aromatic carbocycles. The molecule has 1 aliphatic carbocycles. The highest BCUT2D eigenvalue weighted by atomic mass is 15.2. The molecule has 0 aromatic heterocycles. The molecule has 0 spiro atoms. The largest absolute Gasteiger partial charge is 0.312 e. The Hall–Kier alpha value is -0.0800. The summed E-state index contributed by atoms with van der Waals surface area (Å²) in [6, 6.07) is 2.06. The number of nitrogens with zero attached hydrogens (tertiary/aromatic N) is 1. The van der Waals surface area contributed by atoms with E-state index in [0.717, 1.165) is 12.5 Å². The first kappa shape index (κ1) is 18.0. The average molecular weight is 283 g/mol. The molecule has 2 heteroatoms. The highest BCUT2D eigenvalue weighted by molar-refractivity contribution is 4.94. The van der Waals surface area contributed by atoms with E-state index >= 15 is 0 Å². The van der Waals surface area contributed by atoms with Crippen molar-refractivity contribution in [3.63, 3.8) is 0 Å². The van der Waals surface area contributed by atoms with Crippen molar-refractivity contribution < 1.29 is 0 Å². The van der Waals surface area contributed by atoms with Gasteiger partial charge in [-0.2, -0.15) is 0 Å². The topological polar surface area (TPSA) is 15.3 Å². The molecule has 1 saturated carbocycles. The lowest BCUT2D eigenvalue weighted by molar-refractivity contribution is 0.0537. The van der Waals surface area contributed by atoms with Crippen molar-refractivity contribution in [3.05, 3.63) is 0 Å². The first-order chi connectivity index (χ1) is 9.26. The van der Waals surface area contributed by atoms with E-state index in [4.69, 9.17) is 0 Å². The summed E-state index contributed by atoms with van der Waals surface area (Å²) in [4.78, 5) is 2.66. The second kappa shape index (κ2) is 7.79. The standard InChI is InChI=1S/C18H38N2/c1-8-11-19-16-9-10-18(5,6)13-17(16)20(7)15(4)12-14(2)3/h14-17,19H,8-13H2,1-7H3. The van der Waals surface area contributed by atoms with Gasteiger partial charge in [0.2, 0.25) is 0 Å². The van der Waals surface area contributed by atoms with E-state index in [9.17, 15) is 0 Å². The Morgan fingerprint density at radius 2 is 1.90 bits per heavy atom. The zero-order valence-electron chi connectivity index (χ0n) is 15.0. The Morgan fingerprint density at radius 1 is 1.25 bits per heavy atom. The van der Waals surface area contributed by atoms with Crippen LogP contribution in [0, 0.1) is 11.3 Å². The number of hydrogen-bond acceptors (Lipinski definition) is 2. The SMILES string of the molecule is CCCNC1CCC(C)(C)CC1N(C)C(C)CC(C)C. The summed E-state index contributed by atoms with van der Waals surface area (Å²) in [5, 5.41) is 3.81. The fourth-order valence-electron chi connectivity index (χ4n) is 3.72. The highest BCUT2D eigenvalue weighted by Crippen LogP contribution is 2.38. The van der Waals surface area contributed by atoms with Crippen LogP contribution in [-0.2, 0) is 0 Å². The minimum Gasteiger partial charge on any atom is -0.312 e. The van der Waals surface area contributed by atoms with Crippen LogP contribution < -0.4 is 5.32 Å². The highest BCUT2D eigenvalue weighted by Gasteiger charge is 2.37. The summed E-state index contributed by atoms with van der Waals surface area (Å²) >= 11 is 0. The number of likely N-dealkylation sites (N-methyl/N-ethyl adjacent to an activating group) is 1. The van der Waals surface area contributed by atoms with Gasteiger partial charge in [-0.05, 0) is 64.0 Å². The third-order valence-corrected chi connectivity index (χ3v) is 5.05. The molecule has 0 radical (unpaired) electrons. The molecule has 0 saturated heterocycles. The Balaban J connectivity index is 2.71. The van der Waals surface area contributed by atoms with Crippen LogP contribution in [0.4, 0.5) is 0 Å². The van der Waals surface area contributed by atoms with Crippen molar-refractivity contribution in [1.82, 2.24) is 10.2 Å². The molecule has 20 heavy (non-hydrogen) atoms. The molecular weight excluding hydrogens is 244 g/mol. The first-order valence-corrected chi connectivity index (χ1v) is 8.72. The van der Waals surface area contributed by atoms with Crippen LogP contribution in [0.25, 0.3) is 0 Å². The molecule has 3 unspecified atom stereocenters. The first-order valence-electron chi connectivity index (χ1n) is 8.72. The number of nitrogens with one attached hydrogen (secondary N) is 1. The Bertz CT molecular complexity index is 273. The van der Waals surface area contributed by atoms with Crippen LogP contribution in [-0.4, -0.2) is 36.6 Å². The lowest BCUT2D eigenvalue weighted by Gasteiger charge is -2.47. The van der Waals surface area contributed by atoms with Gasteiger partial charge >= 0.3 is 0 Å². The second-order valence-corrected chi connectivity index (χ2v) is 8.18. The summed E-state index contributed by atoms with van der Waals surface area (Å²) in [5.41, 5.74) is 0.501. The van der Waals surface area contributed by atoms with E-state index < -0.39 is 0 Å². The van der Waals surface area contributed by atoms with Gasteiger partial charge in [0.25, 0.3) is 0 Å². The summed E-state index contributed by atoms with van der Waals surface area (Å²) < 4.78 is 0. The number of rotatable bonds is 7. The van der Waals surface area contributed by atoms with Crippen molar-refractivity contribution >= 4 is 0 Å². The Kier molecular flexibility index (Phi) is 7.00. The van der Waals surface area contributed by atoms with Crippen molar-refractivity contribution in [2.75, 3.05) is 13.6 Å². The van der Waals surface area contributed by atoms with Crippen molar-refractivity contribution in [2.45, 2.75) is 91.8 Å². The van der Waals surface area contributed by atoms with Gasteiger partial charge < -0.3 is 5.32 Å². The summed E-state index contributed by atoms with van der Waals surface area (Å²) in [6.45, 7) is 15.4. The lowest BCUT2D eigenvalue weighted by Crippen LogP contribution is -2.55. The lowest BCUT2D eigenvalue weighted by atomic mass is 9.72. The fourth-order valence-corrected chi connectivity index (χ4v) is 3.72. The van der Waals surface area contributed by atoms with E-state index in [-0.39, 0.29) is 0 Å². The van der Waals surface area contributed by atoms with Gasteiger partial charge in [0, 0.05) is 18.1 Å². The quantitative estimate of drug-likeness (QED) is 0.749. The van der Waals surface area contributed by atoms with Crippen molar-refractivity contribution in [1.29, 1.82) is 0 Å². The van der Waals surface area contributed by atoms with Crippen LogP contribution in [0.3, 0.4) is 0 Å². The average Bonchev–Trinajstić information content (AvgIpc) is 2.34. The minimum atomic E-state index is 0.501. The third kappa shape index (κ3) is 5.37. The normalized spacial score (nSPS) is 28.1. The molecular formula is C18H38N2. The molecule has 2 nitrogen and oxygen atoms in total. The predicted octanol–water partition coefficient (Wildman–Crippen LogP) is 4.30. The van der Waals surface area contributed by atoms with Crippen molar-refractivity contribution in [3.8, 4) is 0 Å². The predicted molar refractivity (Wildman–Crippen MR) is 90.2 cm³/mol. The summed E-state index contributed by atoms with van der Waals surface area (Å²) in [7, 11) is 2.35. The molecule has 0 amide bonds. The van der Waals surface area contributed by atoms with Gasteiger partial charge in [-0.15, -0.1) is 0 Å². The second-order valence-electron chi connectivity index (χ2n) is 8.18. The van der Waals surface area contributed by atoms with Crippen LogP contribution >= 0.6 is 0 Å². The van der Waals surface area contributed by atoms with Gasteiger partial charge in [0.15, 0.2) is 0 Å². The van der Waals surface area contributed by atoms with Crippen molar-refractivity contribution in [2.24, 2.45) is 11.3 Å². The van der Waals surface area contributed by atoms with E-state index in [1.807, 2.05) is 0 Å². The maximum Gasteiger partial charge on any atom is 0.0254 e. The Labute approximate surface area is 127 Å². The fraction of sp³-hybridized carbons (Fsp3) is 1.00. The zero-order chi connectivity index (χ0) is 15.3. The maximum absolute atomic E-state index is 3.81. The Morgan fingerprint density at radius 3 is 2.45 bits per heavy atom. The monoisotopic (exact) mass is 282 g/mol. The summed E-state index contributed by atoms with van der Waals surface area (Å²) in [6.07, 6.45) is 6.55. The van der Waals surface area contributed by atoms with E-state index in [1.165, 1.54) is 32.1 Å². The zero-order valence-corrected chi connectivity index (χ0v) is 15.0. The maximum atomic E-state index is 3.81. The van der Waals surface area contributed by atoms with Crippen LogP contribution in [0.5, 0.6) is 0 Å². The molecule has 0 heterocycles. The van der Waals surface area contributed by atoms with E-state index in [2.05, 4.69) is 58.8 Å². The number of hydrogen-bond donors (Lipinski definition) is 1. The minimum absolute atomic E-state index is 0.501. The van der Waals surface area contributed by atoms with Gasteiger partial charge in [-0.1, -0.05) is 34.6 Å². The third-order valence-electron chi connectivity index (χ3n) is 5.05. The van der Waals surface area contributed by atoms with Gasteiger partial charge in [0.1, 0.15) is 0 Å².